The van der Waals surface area contributed by atoms with Crippen LogP contribution in [0.4, 0.5) is 5.69 Å². The van der Waals surface area contributed by atoms with E-state index in [2.05, 4.69) is 20.5 Å². The summed E-state index contributed by atoms with van der Waals surface area (Å²) in [5.41, 5.74) is 0.566. The Bertz CT molecular complexity index is 1030. The van der Waals surface area contributed by atoms with Crippen molar-refractivity contribution in [3.05, 3.63) is 30.1 Å². The minimum Gasteiger partial charge on any atom is -0.325 e. The van der Waals surface area contributed by atoms with E-state index in [0.29, 0.717) is 16.8 Å². The molecule has 10 heteroatoms. The van der Waals surface area contributed by atoms with Crippen LogP contribution in [0.5, 0.6) is 0 Å². The molecule has 4 rings (SSSR count). The number of aromatic nitrogens is 3. The molecule has 0 aliphatic heterocycles. The van der Waals surface area contributed by atoms with E-state index in [-0.39, 0.29) is 22.6 Å². The number of rotatable bonds is 9. The van der Waals surface area contributed by atoms with E-state index in [4.69, 9.17) is 0 Å². The smallest absolute Gasteiger partial charge is 0.243 e. The Kier molecular flexibility index (Phi) is 8.08. The van der Waals surface area contributed by atoms with E-state index in [1.54, 1.807) is 31.3 Å². The van der Waals surface area contributed by atoms with Crippen molar-refractivity contribution in [2.45, 2.75) is 80.3 Å². The van der Waals surface area contributed by atoms with Gasteiger partial charge in [-0.05, 0) is 43.0 Å². The number of benzene rings is 1. The number of hydrogen-bond acceptors (Lipinski definition) is 6. The quantitative estimate of drug-likeness (QED) is 0.509. The maximum atomic E-state index is 13.0. The number of thioether (sulfide) groups is 1. The molecule has 1 heterocycles. The fourth-order valence-electron chi connectivity index (χ4n) is 4.77. The molecular formula is C23H33N5O3S2. The van der Waals surface area contributed by atoms with Crippen molar-refractivity contribution >= 4 is 33.4 Å². The SMILES string of the molecule is CN(C1CCCCC1)S(=O)(=O)c1ccc(NC(=O)CSc2n[nH]c(CC3CCCC3)n2)cc1. The maximum Gasteiger partial charge on any atom is 0.243 e. The fraction of sp³-hybridized carbons (Fsp3) is 0.609. The number of carbonyl (C=O) groups is 1. The Morgan fingerprint density at radius 1 is 1.09 bits per heavy atom. The van der Waals surface area contributed by atoms with Gasteiger partial charge in [0.05, 0.1) is 10.6 Å². The van der Waals surface area contributed by atoms with Crippen LogP contribution in [0.2, 0.25) is 0 Å². The van der Waals surface area contributed by atoms with E-state index < -0.39 is 10.0 Å². The number of amides is 1. The highest BCUT2D eigenvalue weighted by Gasteiger charge is 2.29. The average Bonchev–Trinajstić information content (AvgIpc) is 3.50. The predicted molar refractivity (Wildman–Crippen MR) is 130 cm³/mol. The molecule has 0 atom stereocenters. The van der Waals surface area contributed by atoms with Crippen molar-refractivity contribution in [3.8, 4) is 0 Å². The maximum absolute atomic E-state index is 13.0. The molecule has 0 bridgehead atoms. The van der Waals surface area contributed by atoms with Crippen LogP contribution in [0.1, 0.15) is 63.6 Å². The number of carbonyl (C=O) groups excluding carboxylic acids is 1. The van der Waals surface area contributed by atoms with Gasteiger partial charge in [-0.3, -0.25) is 9.89 Å². The molecule has 1 aromatic carbocycles. The van der Waals surface area contributed by atoms with Crippen LogP contribution in [0.15, 0.2) is 34.3 Å². The van der Waals surface area contributed by atoms with Gasteiger partial charge in [-0.1, -0.05) is 56.7 Å². The second-order valence-electron chi connectivity index (χ2n) is 9.09. The van der Waals surface area contributed by atoms with E-state index >= 15 is 0 Å². The zero-order valence-electron chi connectivity index (χ0n) is 19.1. The molecule has 33 heavy (non-hydrogen) atoms. The van der Waals surface area contributed by atoms with E-state index in [9.17, 15) is 13.2 Å². The fourth-order valence-corrected chi connectivity index (χ4v) is 6.80. The molecule has 0 spiro atoms. The number of hydrogen-bond donors (Lipinski definition) is 2. The summed E-state index contributed by atoms with van der Waals surface area (Å²) in [7, 11) is -1.87. The lowest BCUT2D eigenvalue weighted by Gasteiger charge is -2.30. The van der Waals surface area contributed by atoms with E-state index in [1.165, 1.54) is 48.2 Å². The zero-order chi connectivity index (χ0) is 23.3. The van der Waals surface area contributed by atoms with Crippen molar-refractivity contribution in [2.24, 2.45) is 5.92 Å². The largest absolute Gasteiger partial charge is 0.325 e. The van der Waals surface area contributed by atoms with Crippen molar-refractivity contribution in [1.82, 2.24) is 19.5 Å². The van der Waals surface area contributed by atoms with E-state index in [0.717, 1.165) is 37.9 Å². The average molecular weight is 492 g/mol. The van der Waals surface area contributed by atoms with Crippen LogP contribution in [-0.2, 0) is 21.2 Å². The summed E-state index contributed by atoms with van der Waals surface area (Å²) in [6.07, 6.45) is 11.2. The van der Waals surface area contributed by atoms with Crippen molar-refractivity contribution in [3.63, 3.8) is 0 Å². The van der Waals surface area contributed by atoms with Gasteiger partial charge in [0, 0.05) is 25.2 Å². The van der Waals surface area contributed by atoms with Gasteiger partial charge in [0.2, 0.25) is 21.1 Å². The first-order chi connectivity index (χ1) is 15.9. The van der Waals surface area contributed by atoms with Gasteiger partial charge in [0.25, 0.3) is 0 Å². The molecule has 0 radical (unpaired) electrons. The van der Waals surface area contributed by atoms with Gasteiger partial charge in [0.1, 0.15) is 5.82 Å². The minimum atomic E-state index is -3.54. The predicted octanol–water partition coefficient (Wildman–Crippen LogP) is 4.22. The molecule has 2 saturated carbocycles. The van der Waals surface area contributed by atoms with Crippen LogP contribution in [-0.4, -0.2) is 52.7 Å². The molecule has 1 amide bonds. The van der Waals surface area contributed by atoms with Crippen LogP contribution < -0.4 is 5.32 Å². The van der Waals surface area contributed by atoms with Crippen molar-refractivity contribution < 1.29 is 13.2 Å². The summed E-state index contributed by atoms with van der Waals surface area (Å²) < 4.78 is 27.4. The Morgan fingerprint density at radius 3 is 2.45 bits per heavy atom. The lowest BCUT2D eigenvalue weighted by molar-refractivity contribution is -0.113. The van der Waals surface area contributed by atoms with Gasteiger partial charge in [0.15, 0.2) is 0 Å². The van der Waals surface area contributed by atoms with Gasteiger partial charge in [-0.2, -0.15) is 4.31 Å². The number of H-pyrrole nitrogens is 1. The highest BCUT2D eigenvalue weighted by molar-refractivity contribution is 7.99. The summed E-state index contributed by atoms with van der Waals surface area (Å²) in [5.74, 6) is 1.58. The van der Waals surface area contributed by atoms with Crippen LogP contribution in [0.25, 0.3) is 0 Å². The van der Waals surface area contributed by atoms with Crippen LogP contribution >= 0.6 is 11.8 Å². The number of anilines is 1. The Morgan fingerprint density at radius 2 is 1.76 bits per heavy atom. The zero-order valence-corrected chi connectivity index (χ0v) is 20.8. The highest BCUT2D eigenvalue weighted by atomic mass is 32.2. The number of aromatic amines is 1. The molecule has 2 aromatic rings. The molecule has 180 valence electrons. The molecule has 2 N–H and O–H groups in total. The molecule has 2 fully saturated rings. The molecule has 0 unspecified atom stereocenters. The molecule has 1 aromatic heterocycles. The second-order valence-corrected chi connectivity index (χ2v) is 12.0. The third kappa shape index (κ3) is 6.36. The minimum absolute atomic E-state index is 0.0643. The summed E-state index contributed by atoms with van der Waals surface area (Å²) in [5, 5.41) is 10.6. The number of nitrogens with zero attached hydrogens (tertiary/aromatic N) is 3. The molecule has 2 aliphatic carbocycles. The Hall–Kier alpha value is -1.91. The molecule has 0 saturated heterocycles. The summed E-state index contributed by atoms with van der Waals surface area (Å²) in [6.45, 7) is 0. The molecule has 2 aliphatic rings. The standard InChI is InChI=1S/C23H33N5O3S2/c1-28(19-9-3-2-4-10-19)33(30,31)20-13-11-18(12-14-20)24-22(29)16-32-23-25-21(26-27-23)15-17-7-5-6-8-17/h11-14,17,19H,2-10,15-16H2,1H3,(H,24,29)(H,25,26,27). The van der Waals surface area contributed by atoms with Crippen LogP contribution in [0.3, 0.4) is 0 Å². The first kappa shape index (κ1) is 24.2. The highest BCUT2D eigenvalue weighted by Crippen LogP contribution is 2.28. The molecular weight excluding hydrogens is 458 g/mol. The normalized spacial score (nSPS) is 18.1. The Balaban J connectivity index is 1.27. The Labute approximate surface area is 200 Å². The third-order valence-electron chi connectivity index (χ3n) is 6.70. The van der Waals surface area contributed by atoms with Gasteiger partial charge < -0.3 is 5.32 Å². The number of nitrogens with one attached hydrogen (secondary N) is 2. The lowest BCUT2D eigenvalue weighted by Crippen LogP contribution is -2.38. The molecule has 8 nitrogen and oxygen atoms in total. The monoisotopic (exact) mass is 491 g/mol. The first-order valence-corrected chi connectivity index (χ1v) is 14.3. The first-order valence-electron chi connectivity index (χ1n) is 11.8. The van der Waals surface area contributed by atoms with Gasteiger partial charge in [-0.15, -0.1) is 5.10 Å². The summed E-state index contributed by atoms with van der Waals surface area (Å²) in [4.78, 5) is 17.1. The van der Waals surface area contributed by atoms with Gasteiger partial charge in [-0.25, -0.2) is 13.4 Å². The van der Waals surface area contributed by atoms with Crippen molar-refractivity contribution in [2.75, 3.05) is 18.1 Å². The summed E-state index contributed by atoms with van der Waals surface area (Å²) >= 11 is 1.29. The lowest BCUT2D eigenvalue weighted by atomic mass is 9.96. The van der Waals surface area contributed by atoms with Crippen molar-refractivity contribution in [1.29, 1.82) is 0 Å². The number of sulfonamides is 1. The van der Waals surface area contributed by atoms with Gasteiger partial charge >= 0.3 is 0 Å². The summed E-state index contributed by atoms with van der Waals surface area (Å²) in [6, 6.07) is 6.45. The topological polar surface area (TPSA) is 108 Å². The third-order valence-corrected chi connectivity index (χ3v) is 9.48. The van der Waals surface area contributed by atoms with Crippen LogP contribution in [0, 0.1) is 5.92 Å². The van der Waals surface area contributed by atoms with E-state index in [1.807, 2.05) is 0 Å². The second kappa shape index (κ2) is 11.0.